The molecule has 0 aliphatic carbocycles. The van der Waals surface area contributed by atoms with Crippen molar-refractivity contribution in [1.82, 2.24) is 0 Å². The van der Waals surface area contributed by atoms with Crippen LogP contribution in [0.15, 0.2) is 23.2 Å². The van der Waals surface area contributed by atoms with E-state index < -0.39 is 11.6 Å². The molecule has 1 N–H and O–H groups in total. The number of nitrogens with one attached hydrogen (secondary N) is 1. The Morgan fingerprint density at radius 1 is 1.50 bits per heavy atom. The summed E-state index contributed by atoms with van der Waals surface area (Å²) in [5, 5.41) is 4.04. The molecule has 0 aromatic heterocycles. The highest BCUT2D eigenvalue weighted by molar-refractivity contribution is 8.15. The van der Waals surface area contributed by atoms with Crippen LogP contribution in [0, 0.1) is 11.6 Å². The standard InChI is InChI=1S/C11H12F2N2S/c1-2-8-6-14-11(16-8)15-10-4-3-7(12)5-9(10)13/h3-5,8H,2,6H2,1H3,(H,14,15). The maximum Gasteiger partial charge on any atom is 0.161 e. The molecule has 0 bridgehead atoms. The fourth-order valence-electron chi connectivity index (χ4n) is 1.40. The molecule has 1 aliphatic heterocycles. The molecular formula is C11H12F2N2S. The Bertz CT molecular complexity index is 420. The van der Waals surface area contributed by atoms with Crippen LogP contribution >= 0.6 is 11.8 Å². The number of anilines is 1. The van der Waals surface area contributed by atoms with Gasteiger partial charge in [-0.3, -0.25) is 4.99 Å². The molecule has 0 saturated carbocycles. The van der Waals surface area contributed by atoms with Gasteiger partial charge in [0, 0.05) is 11.3 Å². The molecule has 86 valence electrons. The Morgan fingerprint density at radius 3 is 2.94 bits per heavy atom. The second kappa shape index (κ2) is 4.82. The SMILES string of the molecule is CCC1CN=C(Nc2ccc(F)cc2F)S1. The molecule has 1 atom stereocenters. The Balaban J connectivity index is 2.05. The van der Waals surface area contributed by atoms with Crippen LogP contribution in [0.2, 0.25) is 0 Å². The summed E-state index contributed by atoms with van der Waals surface area (Å²) >= 11 is 1.60. The van der Waals surface area contributed by atoms with Gasteiger partial charge in [0.15, 0.2) is 5.17 Å². The van der Waals surface area contributed by atoms with Crippen LogP contribution < -0.4 is 5.32 Å². The van der Waals surface area contributed by atoms with E-state index in [2.05, 4.69) is 17.2 Å². The maximum absolute atomic E-state index is 13.3. The van der Waals surface area contributed by atoms with Crippen molar-refractivity contribution in [3.05, 3.63) is 29.8 Å². The van der Waals surface area contributed by atoms with Crippen molar-refractivity contribution in [1.29, 1.82) is 0 Å². The van der Waals surface area contributed by atoms with Crippen LogP contribution in [-0.4, -0.2) is 17.0 Å². The van der Waals surface area contributed by atoms with Gasteiger partial charge in [0.05, 0.1) is 12.2 Å². The van der Waals surface area contributed by atoms with Gasteiger partial charge in [-0.2, -0.15) is 0 Å². The van der Waals surface area contributed by atoms with Crippen LogP contribution in [0.1, 0.15) is 13.3 Å². The van der Waals surface area contributed by atoms with E-state index in [0.29, 0.717) is 10.4 Å². The first-order valence-corrected chi connectivity index (χ1v) is 6.00. The number of nitrogens with zero attached hydrogens (tertiary/aromatic N) is 1. The van der Waals surface area contributed by atoms with Gasteiger partial charge in [-0.05, 0) is 18.6 Å². The number of halogens is 2. The van der Waals surface area contributed by atoms with E-state index in [9.17, 15) is 8.78 Å². The van der Waals surface area contributed by atoms with Crippen LogP contribution in [0.4, 0.5) is 14.5 Å². The molecule has 2 rings (SSSR count). The van der Waals surface area contributed by atoms with E-state index in [0.717, 1.165) is 19.0 Å². The number of aliphatic imine (C=N–C) groups is 1. The normalized spacial score (nSPS) is 19.7. The number of thioether (sulfide) groups is 1. The molecule has 0 spiro atoms. The second-order valence-corrected chi connectivity index (χ2v) is 4.83. The summed E-state index contributed by atoms with van der Waals surface area (Å²) in [6, 6.07) is 3.47. The first kappa shape index (κ1) is 11.4. The van der Waals surface area contributed by atoms with Crippen molar-refractivity contribution in [2.45, 2.75) is 18.6 Å². The van der Waals surface area contributed by atoms with Crippen molar-refractivity contribution in [2.24, 2.45) is 4.99 Å². The van der Waals surface area contributed by atoms with E-state index in [4.69, 9.17) is 0 Å². The van der Waals surface area contributed by atoms with Gasteiger partial charge < -0.3 is 5.32 Å². The zero-order valence-corrected chi connectivity index (χ0v) is 9.65. The minimum Gasteiger partial charge on any atom is -0.333 e. The molecule has 0 amide bonds. The number of hydrogen-bond donors (Lipinski definition) is 1. The summed E-state index contributed by atoms with van der Waals surface area (Å²) in [5.74, 6) is -1.17. The van der Waals surface area contributed by atoms with E-state index >= 15 is 0 Å². The zero-order valence-electron chi connectivity index (χ0n) is 8.84. The summed E-state index contributed by atoms with van der Waals surface area (Å²) in [6.45, 7) is 2.85. The predicted molar refractivity (Wildman–Crippen MR) is 64.0 cm³/mol. The highest BCUT2D eigenvalue weighted by atomic mass is 32.2. The topological polar surface area (TPSA) is 24.4 Å². The fourth-order valence-corrected chi connectivity index (χ4v) is 2.35. The molecule has 16 heavy (non-hydrogen) atoms. The van der Waals surface area contributed by atoms with Crippen molar-refractivity contribution in [2.75, 3.05) is 11.9 Å². The molecule has 1 aliphatic rings. The van der Waals surface area contributed by atoms with Gasteiger partial charge in [-0.1, -0.05) is 18.7 Å². The molecule has 1 unspecified atom stereocenters. The molecule has 0 fully saturated rings. The molecular weight excluding hydrogens is 230 g/mol. The van der Waals surface area contributed by atoms with Gasteiger partial charge in [0.1, 0.15) is 11.6 Å². The van der Waals surface area contributed by atoms with Crippen LogP contribution in [0.5, 0.6) is 0 Å². The highest BCUT2D eigenvalue weighted by Crippen LogP contribution is 2.25. The van der Waals surface area contributed by atoms with Crippen molar-refractivity contribution in [3.63, 3.8) is 0 Å². The lowest BCUT2D eigenvalue weighted by Crippen LogP contribution is -2.08. The van der Waals surface area contributed by atoms with Gasteiger partial charge in [0.25, 0.3) is 0 Å². The fraction of sp³-hybridized carbons (Fsp3) is 0.364. The number of benzene rings is 1. The number of rotatable bonds is 2. The largest absolute Gasteiger partial charge is 0.333 e. The summed E-state index contributed by atoms with van der Waals surface area (Å²) in [7, 11) is 0. The smallest absolute Gasteiger partial charge is 0.161 e. The van der Waals surface area contributed by atoms with Crippen molar-refractivity contribution in [3.8, 4) is 0 Å². The highest BCUT2D eigenvalue weighted by Gasteiger charge is 2.18. The average Bonchev–Trinajstić information content (AvgIpc) is 2.70. The Kier molecular flexibility index (Phi) is 3.43. The molecule has 2 nitrogen and oxygen atoms in total. The predicted octanol–water partition coefficient (Wildman–Crippen LogP) is 3.26. The lowest BCUT2D eigenvalue weighted by Gasteiger charge is -2.07. The Hall–Kier alpha value is -1.10. The summed E-state index contributed by atoms with van der Waals surface area (Å²) < 4.78 is 26.0. The molecule has 5 heteroatoms. The minimum absolute atomic E-state index is 0.268. The van der Waals surface area contributed by atoms with Crippen LogP contribution in [0.25, 0.3) is 0 Å². The third kappa shape index (κ3) is 2.52. The quantitative estimate of drug-likeness (QED) is 0.860. The van der Waals surface area contributed by atoms with Crippen LogP contribution in [0.3, 0.4) is 0 Å². The summed E-state index contributed by atoms with van der Waals surface area (Å²) in [5.41, 5.74) is 0.268. The van der Waals surface area contributed by atoms with Gasteiger partial charge in [0.2, 0.25) is 0 Å². The third-order valence-electron chi connectivity index (χ3n) is 2.34. The van der Waals surface area contributed by atoms with E-state index in [1.807, 2.05) is 0 Å². The number of amidine groups is 1. The molecule has 0 saturated heterocycles. The average molecular weight is 242 g/mol. The third-order valence-corrected chi connectivity index (χ3v) is 3.62. The zero-order chi connectivity index (χ0) is 11.5. The van der Waals surface area contributed by atoms with Gasteiger partial charge >= 0.3 is 0 Å². The monoisotopic (exact) mass is 242 g/mol. The van der Waals surface area contributed by atoms with E-state index in [1.165, 1.54) is 12.1 Å². The molecule has 1 heterocycles. The first-order chi connectivity index (χ1) is 7.69. The van der Waals surface area contributed by atoms with Gasteiger partial charge in [-0.15, -0.1) is 0 Å². The van der Waals surface area contributed by atoms with E-state index in [1.54, 1.807) is 11.8 Å². The van der Waals surface area contributed by atoms with Crippen molar-refractivity contribution < 1.29 is 8.78 Å². The van der Waals surface area contributed by atoms with Crippen LogP contribution in [-0.2, 0) is 0 Å². The second-order valence-electron chi connectivity index (χ2n) is 3.54. The lowest BCUT2D eigenvalue weighted by atomic mass is 10.3. The van der Waals surface area contributed by atoms with Crippen molar-refractivity contribution >= 4 is 22.6 Å². The molecule has 1 aromatic rings. The Labute approximate surface area is 97.1 Å². The maximum atomic E-state index is 13.3. The first-order valence-electron chi connectivity index (χ1n) is 5.12. The Morgan fingerprint density at radius 2 is 2.31 bits per heavy atom. The minimum atomic E-state index is -0.594. The number of hydrogen-bond acceptors (Lipinski definition) is 3. The lowest BCUT2D eigenvalue weighted by molar-refractivity contribution is 0.586. The van der Waals surface area contributed by atoms with Gasteiger partial charge in [-0.25, -0.2) is 8.78 Å². The summed E-state index contributed by atoms with van der Waals surface area (Å²) in [6.07, 6.45) is 1.03. The summed E-state index contributed by atoms with van der Waals surface area (Å²) in [4.78, 5) is 4.25. The van der Waals surface area contributed by atoms with E-state index in [-0.39, 0.29) is 5.69 Å². The molecule has 0 radical (unpaired) electrons. The molecule has 1 aromatic carbocycles.